The van der Waals surface area contributed by atoms with Crippen molar-refractivity contribution < 1.29 is 9.53 Å². The number of carbonyl (C=O) groups is 1. The number of nitrogens with zero attached hydrogens (tertiary/aromatic N) is 1. The van der Waals surface area contributed by atoms with Crippen LogP contribution in [0, 0.1) is 0 Å². The van der Waals surface area contributed by atoms with Crippen molar-refractivity contribution in [2.45, 2.75) is 37.3 Å². The molecule has 1 N–H and O–H groups in total. The summed E-state index contributed by atoms with van der Waals surface area (Å²) >= 11 is 0. The Labute approximate surface area is 148 Å². The van der Waals surface area contributed by atoms with Gasteiger partial charge in [0.25, 0.3) is 0 Å². The number of carbonyl (C=O) groups excluding carboxylic acids is 1. The molecular weight excluding hydrogens is 312 g/mol. The Morgan fingerprint density at radius 1 is 0.960 bits per heavy atom. The lowest BCUT2D eigenvalue weighted by atomic mass is 10.1. The standard InChI is InChI=1S/C21H24N2O2/c24-21(22-20-15-19(20)16-7-3-1-4-8-16)23-13-11-18(12-14-23)25-17-9-5-2-6-10-17/h1-10,18-20H,11-15H2,(H,22,24)/t19-,20+/m1/s1. The number of hydrogen-bond acceptors (Lipinski definition) is 2. The Bertz CT molecular complexity index is 696. The maximum absolute atomic E-state index is 12.5. The minimum absolute atomic E-state index is 0.0709. The van der Waals surface area contributed by atoms with Crippen LogP contribution >= 0.6 is 0 Å². The van der Waals surface area contributed by atoms with Gasteiger partial charge >= 0.3 is 6.03 Å². The molecule has 0 spiro atoms. The van der Waals surface area contributed by atoms with E-state index in [2.05, 4.69) is 29.6 Å². The fraction of sp³-hybridized carbons (Fsp3) is 0.381. The molecule has 0 radical (unpaired) electrons. The Hall–Kier alpha value is -2.49. The summed E-state index contributed by atoms with van der Waals surface area (Å²) in [4.78, 5) is 14.4. The van der Waals surface area contributed by atoms with Crippen molar-refractivity contribution in [2.75, 3.05) is 13.1 Å². The van der Waals surface area contributed by atoms with Gasteiger partial charge in [0.15, 0.2) is 0 Å². The van der Waals surface area contributed by atoms with Gasteiger partial charge in [-0.3, -0.25) is 0 Å². The Balaban J connectivity index is 1.22. The van der Waals surface area contributed by atoms with Gasteiger partial charge in [-0.2, -0.15) is 0 Å². The number of amides is 2. The molecule has 4 nitrogen and oxygen atoms in total. The van der Waals surface area contributed by atoms with Crippen LogP contribution in [-0.4, -0.2) is 36.2 Å². The van der Waals surface area contributed by atoms with Crippen LogP contribution < -0.4 is 10.1 Å². The predicted molar refractivity (Wildman–Crippen MR) is 97.8 cm³/mol. The Morgan fingerprint density at radius 2 is 1.60 bits per heavy atom. The number of benzene rings is 2. The van der Waals surface area contributed by atoms with Crippen LogP contribution in [0.15, 0.2) is 60.7 Å². The fourth-order valence-corrected chi connectivity index (χ4v) is 3.54. The van der Waals surface area contributed by atoms with Crippen LogP contribution in [0.5, 0.6) is 5.75 Å². The van der Waals surface area contributed by atoms with Crippen molar-refractivity contribution in [3.05, 3.63) is 66.2 Å². The molecule has 2 aliphatic rings. The fourth-order valence-electron chi connectivity index (χ4n) is 3.54. The van der Waals surface area contributed by atoms with Gasteiger partial charge in [0.1, 0.15) is 11.9 Å². The molecule has 2 aromatic rings. The molecule has 0 aromatic heterocycles. The molecule has 130 valence electrons. The first-order valence-electron chi connectivity index (χ1n) is 9.12. The smallest absolute Gasteiger partial charge is 0.317 e. The summed E-state index contributed by atoms with van der Waals surface area (Å²) in [6, 6.07) is 20.7. The van der Waals surface area contributed by atoms with Gasteiger partial charge in [-0.15, -0.1) is 0 Å². The first-order chi connectivity index (χ1) is 12.3. The second-order valence-corrected chi connectivity index (χ2v) is 6.93. The number of rotatable bonds is 4. The summed E-state index contributed by atoms with van der Waals surface area (Å²) in [5, 5.41) is 3.18. The normalized spacial score (nSPS) is 23.1. The van der Waals surface area contributed by atoms with E-state index < -0.39 is 0 Å². The maximum atomic E-state index is 12.5. The number of para-hydroxylation sites is 1. The summed E-state index contributed by atoms with van der Waals surface area (Å²) in [5.41, 5.74) is 1.32. The highest BCUT2D eigenvalue weighted by atomic mass is 16.5. The molecule has 2 amide bonds. The van der Waals surface area contributed by atoms with Gasteiger partial charge in [0, 0.05) is 37.9 Å². The van der Waals surface area contributed by atoms with Gasteiger partial charge in [-0.05, 0) is 24.1 Å². The molecule has 1 aliphatic carbocycles. The van der Waals surface area contributed by atoms with Crippen molar-refractivity contribution in [1.29, 1.82) is 0 Å². The number of likely N-dealkylation sites (tertiary alicyclic amines) is 1. The first-order valence-corrected chi connectivity index (χ1v) is 9.12. The molecule has 0 bridgehead atoms. The number of urea groups is 1. The van der Waals surface area contributed by atoms with Crippen LogP contribution in [0.1, 0.15) is 30.7 Å². The summed E-state index contributed by atoms with van der Waals surface area (Å²) in [5.74, 6) is 1.39. The van der Waals surface area contributed by atoms with Crippen molar-refractivity contribution >= 4 is 6.03 Å². The molecule has 1 saturated heterocycles. The van der Waals surface area contributed by atoms with Crippen molar-refractivity contribution in [1.82, 2.24) is 10.2 Å². The predicted octanol–water partition coefficient (Wildman–Crippen LogP) is 3.80. The minimum Gasteiger partial charge on any atom is -0.490 e. The van der Waals surface area contributed by atoms with Gasteiger partial charge in [-0.1, -0.05) is 48.5 Å². The molecule has 0 unspecified atom stereocenters. The highest BCUT2D eigenvalue weighted by Crippen LogP contribution is 2.40. The largest absolute Gasteiger partial charge is 0.490 e. The van der Waals surface area contributed by atoms with Crippen LogP contribution in [-0.2, 0) is 0 Å². The number of nitrogens with one attached hydrogen (secondary N) is 1. The van der Waals surface area contributed by atoms with Gasteiger partial charge in [0.2, 0.25) is 0 Å². The monoisotopic (exact) mass is 336 g/mol. The van der Waals surface area contributed by atoms with E-state index >= 15 is 0 Å². The summed E-state index contributed by atoms with van der Waals surface area (Å²) in [7, 11) is 0. The van der Waals surface area contributed by atoms with Crippen LogP contribution in [0.3, 0.4) is 0 Å². The third kappa shape index (κ3) is 3.95. The van der Waals surface area contributed by atoms with Crippen molar-refractivity contribution in [3.63, 3.8) is 0 Å². The van der Waals surface area contributed by atoms with E-state index in [0.717, 1.165) is 38.1 Å². The summed E-state index contributed by atoms with van der Waals surface area (Å²) in [6.45, 7) is 1.51. The average Bonchev–Trinajstić information content (AvgIpc) is 3.43. The highest BCUT2D eigenvalue weighted by molar-refractivity contribution is 5.75. The molecule has 1 aliphatic heterocycles. The Morgan fingerprint density at radius 3 is 2.28 bits per heavy atom. The minimum atomic E-state index is 0.0709. The Kier molecular flexibility index (Phi) is 4.59. The molecule has 25 heavy (non-hydrogen) atoms. The molecular formula is C21H24N2O2. The molecule has 2 fully saturated rings. The highest BCUT2D eigenvalue weighted by Gasteiger charge is 2.40. The zero-order chi connectivity index (χ0) is 17.1. The number of piperidine rings is 1. The summed E-state index contributed by atoms with van der Waals surface area (Å²) < 4.78 is 5.99. The SMILES string of the molecule is O=C(N[C@H]1C[C@@H]1c1ccccc1)N1CCC(Oc2ccccc2)CC1. The zero-order valence-electron chi connectivity index (χ0n) is 14.3. The molecule has 2 atom stereocenters. The molecule has 1 saturated carbocycles. The van der Waals surface area contributed by atoms with Gasteiger partial charge in [-0.25, -0.2) is 4.79 Å². The number of ether oxygens (including phenoxy) is 1. The van der Waals surface area contributed by atoms with Crippen molar-refractivity contribution in [3.8, 4) is 5.75 Å². The van der Waals surface area contributed by atoms with Crippen LogP contribution in [0.2, 0.25) is 0 Å². The van der Waals surface area contributed by atoms with E-state index in [4.69, 9.17) is 4.74 Å². The third-order valence-electron chi connectivity index (χ3n) is 5.10. The zero-order valence-corrected chi connectivity index (χ0v) is 14.3. The second-order valence-electron chi connectivity index (χ2n) is 6.93. The van der Waals surface area contributed by atoms with E-state index in [9.17, 15) is 4.79 Å². The lowest BCUT2D eigenvalue weighted by Crippen LogP contribution is -2.47. The molecule has 4 heteroatoms. The van der Waals surface area contributed by atoms with Gasteiger partial charge < -0.3 is 15.0 Å². The third-order valence-corrected chi connectivity index (χ3v) is 5.10. The molecule has 1 heterocycles. The molecule has 2 aromatic carbocycles. The van der Waals surface area contributed by atoms with Crippen LogP contribution in [0.4, 0.5) is 4.79 Å². The van der Waals surface area contributed by atoms with E-state index in [1.165, 1.54) is 5.56 Å². The van der Waals surface area contributed by atoms with E-state index in [-0.39, 0.29) is 18.2 Å². The lowest BCUT2D eigenvalue weighted by molar-refractivity contribution is 0.111. The quantitative estimate of drug-likeness (QED) is 0.923. The van der Waals surface area contributed by atoms with Gasteiger partial charge in [0.05, 0.1) is 0 Å². The number of hydrogen-bond donors (Lipinski definition) is 1. The summed E-state index contributed by atoms with van der Waals surface area (Å²) in [6.07, 6.45) is 3.01. The van der Waals surface area contributed by atoms with E-state index in [1.807, 2.05) is 41.3 Å². The van der Waals surface area contributed by atoms with Crippen molar-refractivity contribution in [2.24, 2.45) is 0 Å². The van der Waals surface area contributed by atoms with Crippen LogP contribution in [0.25, 0.3) is 0 Å². The second kappa shape index (κ2) is 7.18. The average molecular weight is 336 g/mol. The van der Waals surface area contributed by atoms with E-state index in [0.29, 0.717) is 5.92 Å². The maximum Gasteiger partial charge on any atom is 0.317 e. The van der Waals surface area contributed by atoms with E-state index in [1.54, 1.807) is 0 Å². The first kappa shape index (κ1) is 16.0. The lowest BCUT2D eigenvalue weighted by Gasteiger charge is -2.32. The topological polar surface area (TPSA) is 41.6 Å². The molecule has 4 rings (SSSR count).